The summed E-state index contributed by atoms with van der Waals surface area (Å²) in [6.07, 6.45) is 0. The first kappa shape index (κ1) is 9.15. The third-order valence-electron chi connectivity index (χ3n) is 1.84. The molecule has 0 N–H and O–H groups in total. The maximum Gasteiger partial charge on any atom is 0.135 e. The van der Waals surface area contributed by atoms with Gasteiger partial charge in [0.2, 0.25) is 0 Å². The summed E-state index contributed by atoms with van der Waals surface area (Å²) in [7, 11) is 0. The van der Waals surface area contributed by atoms with Gasteiger partial charge in [0.15, 0.2) is 0 Å². The van der Waals surface area contributed by atoms with Crippen LogP contribution in [-0.4, -0.2) is 20.2 Å². The zero-order valence-corrected chi connectivity index (χ0v) is 8.44. The van der Waals surface area contributed by atoms with Crippen LogP contribution in [0.4, 0.5) is 0 Å². The molecule has 0 bridgehead atoms. The Morgan fingerprint density at radius 2 is 2.29 bits per heavy atom. The molecular formula is C9H9ClN4. The zero-order valence-electron chi connectivity index (χ0n) is 7.68. The van der Waals surface area contributed by atoms with Crippen LogP contribution >= 0.6 is 11.6 Å². The Morgan fingerprint density at radius 1 is 1.50 bits per heavy atom. The number of nitrogens with zero attached hydrogens (tertiary/aromatic N) is 4. The second-order valence-electron chi connectivity index (χ2n) is 2.87. The third kappa shape index (κ3) is 1.75. The number of halogens is 1. The molecule has 14 heavy (non-hydrogen) atoms. The minimum Gasteiger partial charge on any atom is -0.254 e. The Kier molecular flexibility index (Phi) is 2.45. The van der Waals surface area contributed by atoms with E-state index in [-0.39, 0.29) is 0 Å². The molecule has 0 fully saturated rings. The number of hydrogen-bond acceptors (Lipinski definition) is 3. The van der Waals surface area contributed by atoms with Gasteiger partial charge in [0.25, 0.3) is 0 Å². The lowest BCUT2D eigenvalue weighted by molar-refractivity contribution is 0.630. The molecule has 2 rings (SSSR count). The summed E-state index contributed by atoms with van der Waals surface area (Å²) in [6.45, 7) is 2.15. The van der Waals surface area contributed by atoms with Gasteiger partial charge in [-0.1, -0.05) is 28.9 Å². The van der Waals surface area contributed by atoms with Gasteiger partial charge in [-0.05, 0) is 19.1 Å². The first-order chi connectivity index (χ1) is 6.77. The van der Waals surface area contributed by atoms with Gasteiger partial charge in [0, 0.05) is 0 Å². The van der Waals surface area contributed by atoms with E-state index < -0.39 is 0 Å². The van der Waals surface area contributed by atoms with Crippen LogP contribution in [0.25, 0.3) is 11.0 Å². The van der Waals surface area contributed by atoms with E-state index in [9.17, 15) is 0 Å². The molecular weight excluding hydrogens is 200 g/mol. The molecule has 0 spiro atoms. The molecule has 4 nitrogen and oxygen atoms in total. The molecule has 5 heteroatoms. The largest absolute Gasteiger partial charge is 0.254 e. The van der Waals surface area contributed by atoms with Crippen molar-refractivity contribution >= 4 is 27.8 Å². The monoisotopic (exact) mass is 208 g/mol. The quantitative estimate of drug-likeness (QED) is 0.709. The van der Waals surface area contributed by atoms with Gasteiger partial charge >= 0.3 is 0 Å². The Labute approximate surface area is 86.2 Å². The van der Waals surface area contributed by atoms with Crippen LogP contribution in [-0.2, 0) is 6.67 Å². The minimum atomic E-state index is 0.413. The van der Waals surface area contributed by atoms with Crippen molar-refractivity contribution in [3.8, 4) is 0 Å². The van der Waals surface area contributed by atoms with E-state index in [2.05, 4.69) is 15.3 Å². The van der Waals surface area contributed by atoms with Crippen molar-refractivity contribution in [3.63, 3.8) is 0 Å². The molecule has 2 aromatic rings. The van der Waals surface area contributed by atoms with Crippen molar-refractivity contribution in [2.45, 2.75) is 13.6 Å². The summed E-state index contributed by atoms with van der Waals surface area (Å²) >= 11 is 5.63. The molecule has 72 valence electrons. The maximum absolute atomic E-state index is 5.63. The fourth-order valence-corrected chi connectivity index (χ4v) is 1.24. The molecule has 0 atom stereocenters. The fourth-order valence-electron chi connectivity index (χ4n) is 1.19. The Hall–Kier alpha value is -1.42. The van der Waals surface area contributed by atoms with Crippen LogP contribution < -0.4 is 0 Å². The summed E-state index contributed by atoms with van der Waals surface area (Å²) < 4.78 is 1.71. The van der Waals surface area contributed by atoms with Crippen LogP contribution in [0.1, 0.15) is 6.92 Å². The van der Waals surface area contributed by atoms with Crippen molar-refractivity contribution in [1.82, 2.24) is 15.0 Å². The van der Waals surface area contributed by atoms with Crippen LogP contribution in [0, 0.1) is 0 Å². The van der Waals surface area contributed by atoms with Gasteiger partial charge in [-0.3, -0.25) is 4.99 Å². The first-order valence-electron chi connectivity index (χ1n) is 4.22. The number of para-hydroxylation sites is 1. The van der Waals surface area contributed by atoms with Crippen LogP contribution in [0.3, 0.4) is 0 Å². The zero-order chi connectivity index (χ0) is 9.97. The summed E-state index contributed by atoms with van der Waals surface area (Å²) in [6, 6.07) is 7.74. The van der Waals surface area contributed by atoms with Crippen LogP contribution in [0.2, 0.25) is 0 Å². The fraction of sp³-hybridized carbons (Fsp3) is 0.222. The molecule has 0 saturated carbocycles. The SMILES string of the molecule is CC(Cl)=NCn1nnc2ccccc21. The van der Waals surface area contributed by atoms with E-state index in [1.165, 1.54) is 0 Å². The topological polar surface area (TPSA) is 43.1 Å². The van der Waals surface area contributed by atoms with E-state index >= 15 is 0 Å². The lowest BCUT2D eigenvalue weighted by Gasteiger charge is -1.96. The van der Waals surface area contributed by atoms with E-state index in [1.807, 2.05) is 24.3 Å². The molecule has 0 unspecified atom stereocenters. The third-order valence-corrected chi connectivity index (χ3v) is 1.96. The average Bonchev–Trinajstić information content (AvgIpc) is 2.58. The molecule has 0 aliphatic heterocycles. The number of rotatable bonds is 2. The van der Waals surface area contributed by atoms with Gasteiger partial charge in [0.05, 0.1) is 10.7 Å². The van der Waals surface area contributed by atoms with Crippen molar-refractivity contribution in [3.05, 3.63) is 24.3 Å². The number of aromatic nitrogens is 3. The van der Waals surface area contributed by atoms with E-state index in [0.29, 0.717) is 11.8 Å². The van der Waals surface area contributed by atoms with Crippen LogP contribution in [0.15, 0.2) is 29.3 Å². The predicted octanol–water partition coefficient (Wildman–Crippen LogP) is 2.05. The highest BCUT2D eigenvalue weighted by atomic mass is 35.5. The van der Waals surface area contributed by atoms with E-state index in [1.54, 1.807) is 11.6 Å². The molecule has 0 amide bonds. The Bertz CT molecular complexity index is 470. The predicted molar refractivity (Wildman–Crippen MR) is 56.5 cm³/mol. The van der Waals surface area contributed by atoms with Crippen LogP contribution in [0.5, 0.6) is 0 Å². The number of benzene rings is 1. The summed E-state index contributed by atoms with van der Waals surface area (Å²) in [4.78, 5) is 4.06. The molecule has 1 heterocycles. The van der Waals surface area contributed by atoms with Crippen molar-refractivity contribution < 1.29 is 0 Å². The average molecular weight is 209 g/mol. The molecule has 0 saturated heterocycles. The van der Waals surface area contributed by atoms with Gasteiger partial charge in [-0.15, -0.1) is 5.10 Å². The molecule has 1 aromatic carbocycles. The summed E-state index contributed by atoms with van der Waals surface area (Å²) in [5, 5.41) is 8.48. The lowest BCUT2D eigenvalue weighted by atomic mass is 10.3. The van der Waals surface area contributed by atoms with Crippen molar-refractivity contribution in [2.24, 2.45) is 4.99 Å². The Balaban J connectivity index is 2.38. The minimum absolute atomic E-state index is 0.413. The van der Waals surface area contributed by atoms with E-state index in [4.69, 9.17) is 11.6 Å². The normalized spacial score (nSPS) is 12.3. The van der Waals surface area contributed by atoms with Gasteiger partial charge in [0.1, 0.15) is 12.2 Å². The highest BCUT2D eigenvalue weighted by Crippen LogP contribution is 2.09. The maximum atomic E-state index is 5.63. The number of fused-ring (bicyclic) bond motifs is 1. The van der Waals surface area contributed by atoms with Gasteiger partial charge in [-0.25, -0.2) is 4.68 Å². The summed E-state index contributed by atoms with van der Waals surface area (Å²) in [5.41, 5.74) is 1.84. The second kappa shape index (κ2) is 3.75. The molecule has 1 aromatic heterocycles. The van der Waals surface area contributed by atoms with E-state index in [0.717, 1.165) is 11.0 Å². The number of aliphatic imine (C=N–C) groups is 1. The van der Waals surface area contributed by atoms with Crippen molar-refractivity contribution in [1.29, 1.82) is 0 Å². The highest BCUT2D eigenvalue weighted by Gasteiger charge is 2.00. The molecule has 0 aliphatic rings. The second-order valence-corrected chi connectivity index (χ2v) is 3.42. The standard InChI is InChI=1S/C9H9ClN4/c1-7(10)11-6-14-9-5-3-2-4-8(9)12-13-14/h2-5H,6H2,1H3. The van der Waals surface area contributed by atoms with Crippen molar-refractivity contribution in [2.75, 3.05) is 0 Å². The van der Waals surface area contributed by atoms with Gasteiger partial charge in [-0.2, -0.15) is 0 Å². The van der Waals surface area contributed by atoms with Gasteiger partial charge < -0.3 is 0 Å². The lowest BCUT2D eigenvalue weighted by Crippen LogP contribution is -1.98. The summed E-state index contributed by atoms with van der Waals surface area (Å²) in [5.74, 6) is 0. The first-order valence-corrected chi connectivity index (χ1v) is 4.60. The molecule has 0 aliphatic carbocycles. The highest BCUT2D eigenvalue weighted by molar-refractivity contribution is 6.64. The number of hydrogen-bond donors (Lipinski definition) is 0. The molecule has 0 radical (unpaired) electrons. The smallest absolute Gasteiger partial charge is 0.135 e. The Morgan fingerprint density at radius 3 is 3.07 bits per heavy atom.